The summed E-state index contributed by atoms with van der Waals surface area (Å²) in [7, 11) is 0. The first-order valence-electron chi connectivity index (χ1n) is 8.24. The third kappa shape index (κ3) is 3.40. The highest BCUT2D eigenvalue weighted by atomic mass is 19.4. The Labute approximate surface area is 152 Å². The number of carbonyl (C=O) groups is 1. The number of anilines is 2. The van der Waals surface area contributed by atoms with Crippen LogP contribution in [-0.4, -0.2) is 21.9 Å². The van der Waals surface area contributed by atoms with Gasteiger partial charge in [0.25, 0.3) is 5.91 Å². The average Bonchev–Trinajstić information content (AvgIpc) is 3.30. The number of fused-ring (bicyclic) bond motifs is 1. The largest absolute Gasteiger partial charge is 0.467 e. The quantitative estimate of drug-likeness (QED) is 0.711. The Morgan fingerprint density at radius 3 is 2.67 bits per heavy atom. The number of nitrogens with one attached hydrogen (secondary N) is 2. The fraction of sp³-hybridized carbons (Fsp3) is 0.222. The van der Waals surface area contributed by atoms with E-state index in [1.807, 2.05) is 0 Å². The Kier molecular flexibility index (Phi) is 4.14. The summed E-state index contributed by atoms with van der Waals surface area (Å²) in [6.45, 7) is 0. The van der Waals surface area contributed by atoms with Gasteiger partial charge < -0.3 is 15.1 Å². The molecule has 0 fully saturated rings. The van der Waals surface area contributed by atoms with E-state index in [9.17, 15) is 18.0 Å². The maximum Gasteiger partial charge on any atom is 0.410 e. The van der Waals surface area contributed by atoms with Crippen molar-refractivity contribution in [2.24, 2.45) is 0 Å². The van der Waals surface area contributed by atoms with Crippen molar-refractivity contribution in [3.63, 3.8) is 0 Å². The second-order valence-corrected chi connectivity index (χ2v) is 6.18. The molecule has 0 radical (unpaired) electrons. The van der Waals surface area contributed by atoms with E-state index in [0.29, 0.717) is 11.4 Å². The number of hydrogen-bond acceptors (Lipinski definition) is 4. The first-order valence-corrected chi connectivity index (χ1v) is 8.24. The van der Waals surface area contributed by atoms with Crippen LogP contribution in [0.1, 0.15) is 34.8 Å². The Hall–Kier alpha value is -3.23. The van der Waals surface area contributed by atoms with Gasteiger partial charge in [0.1, 0.15) is 11.6 Å². The summed E-state index contributed by atoms with van der Waals surface area (Å²) in [5.74, 6) is -0.0736. The van der Waals surface area contributed by atoms with Crippen LogP contribution in [0.4, 0.5) is 24.7 Å². The molecule has 0 bridgehead atoms. The topological polar surface area (TPSA) is 72.1 Å². The summed E-state index contributed by atoms with van der Waals surface area (Å²) in [6.07, 6.45) is -3.39. The van der Waals surface area contributed by atoms with Gasteiger partial charge in [0.15, 0.2) is 11.7 Å². The molecule has 0 aliphatic carbocycles. The van der Waals surface area contributed by atoms with Gasteiger partial charge in [-0.2, -0.15) is 18.3 Å². The molecular formula is C18H15F3N4O2. The molecule has 2 N–H and O–H groups in total. The third-order valence-corrected chi connectivity index (χ3v) is 4.34. The lowest BCUT2D eigenvalue weighted by molar-refractivity contribution is -0.174. The van der Waals surface area contributed by atoms with Gasteiger partial charge >= 0.3 is 6.18 Å². The van der Waals surface area contributed by atoms with Crippen molar-refractivity contribution in [1.82, 2.24) is 9.78 Å². The number of rotatable bonds is 3. The van der Waals surface area contributed by atoms with E-state index in [-0.39, 0.29) is 17.9 Å². The van der Waals surface area contributed by atoms with Gasteiger partial charge in [-0.25, -0.2) is 4.68 Å². The van der Waals surface area contributed by atoms with E-state index in [1.54, 1.807) is 42.5 Å². The molecule has 1 aliphatic rings. The van der Waals surface area contributed by atoms with Gasteiger partial charge in [0.2, 0.25) is 0 Å². The standard InChI is InChI=1S/C18H15F3N4O2/c19-18(20,21)15-9-12(14-7-4-8-27-14)23-16-10-13(24-25(15)16)17(26)22-11-5-2-1-3-6-11/h1-8,10,12,15,23H,9H2,(H,22,26)/t12-,15-/m0/s1. The van der Waals surface area contributed by atoms with Crippen LogP contribution in [0.5, 0.6) is 0 Å². The van der Waals surface area contributed by atoms with Crippen LogP contribution in [0.2, 0.25) is 0 Å². The van der Waals surface area contributed by atoms with Crippen molar-refractivity contribution in [1.29, 1.82) is 0 Å². The molecule has 1 aliphatic heterocycles. The zero-order chi connectivity index (χ0) is 19.0. The monoisotopic (exact) mass is 376 g/mol. The number of nitrogens with zero attached hydrogens (tertiary/aromatic N) is 2. The van der Waals surface area contributed by atoms with Gasteiger partial charge in [-0.15, -0.1) is 0 Å². The SMILES string of the molecule is O=C(Nc1ccccc1)c1cc2n(n1)[C@H](C(F)(F)F)C[C@@H](c1ccco1)N2. The minimum Gasteiger partial charge on any atom is -0.467 e. The van der Waals surface area contributed by atoms with Crippen LogP contribution in [-0.2, 0) is 0 Å². The predicted molar refractivity (Wildman–Crippen MR) is 91.4 cm³/mol. The Bertz CT molecular complexity index is 935. The Balaban J connectivity index is 1.64. The molecule has 6 nitrogen and oxygen atoms in total. The first-order chi connectivity index (χ1) is 12.9. The molecule has 1 aromatic carbocycles. The van der Waals surface area contributed by atoms with Gasteiger partial charge in [0, 0.05) is 18.2 Å². The number of halogens is 3. The summed E-state index contributed by atoms with van der Waals surface area (Å²) in [5, 5.41) is 9.49. The minimum absolute atomic E-state index is 0.101. The molecule has 3 aromatic rings. The zero-order valence-electron chi connectivity index (χ0n) is 13.9. The Morgan fingerprint density at radius 1 is 1.22 bits per heavy atom. The molecule has 140 valence electrons. The van der Waals surface area contributed by atoms with Crippen molar-refractivity contribution in [2.75, 3.05) is 10.6 Å². The highest BCUT2D eigenvalue weighted by Crippen LogP contribution is 2.43. The Morgan fingerprint density at radius 2 is 2.00 bits per heavy atom. The lowest BCUT2D eigenvalue weighted by Gasteiger charge is -2.32. The van der Waals surface area contributed by atoms with Crippen LogP contribution in [0.3, 0.4) is 0 Å². The maximum absolute atomic E-state index is 13.6. The van der Waals surface area contributed by atoms with Gasteiger partial charge in [0.05, 0.1) is 12.3 Å². The number of hydrogen-bond donors (Lipinski definition) is 2. The van der Waals surface area contributed by atoms with E-state index in [4.69, 9.17) is 4.42 Å². The molecule has 4 rings (SSSR count). The molecule has 3 heterocycles. The summed E-state index contributed by atoms with van der Waals surface area (Å²) < 4.78 is 46.8. The molecule has 0 saturated carbocycles. The number of para-hydroxylation sites is 1. The molecule has 9 heteroatoms. The summed E-state index contributed by atoms with van der Waals surface area (Å²) in [4.78, 5) is 12.4. The summed E-state index contributed by atoms with van der Waals surface area (Å²) in [6, 6.07) is 10.6. The summed E-state index contributed by atoms with van der Waals surface area (Å²) in [5.41, 5.74) is 0.429. The van der Waals surface area contributed by atoms with Gasteiger partial charge in [-0.3, -0.25) is 4.79 Å². The normalized spacial score (nSPS) is 19.2. The van der Waals surface area contributed by atoms with Crippen LogP contribution in [0.25, 0.3) is 0 Å². The molecule has 27 heavy (non-hydrogen) atoms. The maximum atomic E-state index is 13.6. The van der Waals surface area contributed by atoms with Crippen molar-refractivity contribution in [3.8, 4) is 0 Å². The van der Waals surface area contributed by atoms with E-state index in [0.717, 1.165) is 4.68 Å². The molecule has 1 amide bonds. The fourth-order valence-corrected chi connectivity index (χ4v) is 3.08. The number of carbonyl (C=O) groups excluding carboxylic acids is 1. The van der Waals surface area contributed by atoms with Crippen molar-refractivity contribution in [2.45, 2.75) is 24.7 Å². The first kappa shape index (κ1) is 17.2. The average molecular weight is 376 g/mol. The number of amides is 1. The molecule has 0 spiro atoms. The van der Waals surface area contributed by atoms with Crippen molar-refractivity contribution >= 4 is 17.4 Å². The molecule has 0 saturated heterocycles. The lowest BCUT2D eigenvalue weighted by Crippen LogP contribution is -2.35. The predicted octanol–water partition coefficient (Wildman–Crippen LogP) is 4.39. The van der Waals surface area contributed by atoms with Gasteiger partial charge in [-0.1, -0.05) is 18.2 Å². The smallest absolute Gasteiger partial charge is 0.410 e. The lowest BCUT2D eigenvalue weighted by atomic mass is 10.0. The second-order valence-electron chi connectivity index (χ2n) is 6.18. The van der Waals surface area contributed by atoms with Crippen LogP contribution < -0.4 is 10.6 Å². The van der Waals surface area contributed by atoms with Crippen molar-refractivity contribution in [3.05, 3.63) is 66.2 Å². The second kappa shape index (κ2) is 6.49. The van der Waals surface area contributed by atoms with E-state index >= 15 is 0 Å². The number of aromatic nitrogens is 2. The van der Waals surface area contributed by atoms with Gasteiger partial charge in [-0.05, 0) is 24.3 Å². The number of furan rings is 1. The van der Waals surface area contributed by atoms with Crippen LogP contribution in [0, 0.1) is 0 Å². The fourth-order valence-electron chi connectivity index (χ4n) is 3.08. The van der Waals surface area contributed by atoms with Crippen molar-refractivity contribution < 1.29 is 22.4 Å². The van der Waals surface area contributed by atoms with E-state index in [2.05, 4.69) is 15.7 Å². The summed E-state index contributed by atoms with van der Waals surface area (Å²) >= 11 is 0. The van der Waals surface area contributed by atoms with E-state index < -0.39 is 24.2 Å². The number of alkyl halides is 3. The highest BCUT2D eigenvalue weighted by Gasteiger charge is 2.47. The minimum atomic E-state index is -4.51. The molecular weight excluding hydrogens is 361 g/mol. The third-order valence-electron chi connectivity index (χ3n) is 4.34. The molecule has 2 aromatic heterocycles. The highest BCUT2D eigenvalue weighted by molar-refractivity contribution is 6.03. The number of benzene rings is 1. The molecule has 2 atom stereocenters. The van der Waals surface area contributed by atoms with E-state index in [1.165, 1.54) is 12.3 Å². The zero-order valence-corrected chi connectivity index (χ0v) is 13.9. The van der Waals surface area contributed by atoms with Crippen LogP contribution >= 0.6 is 0 Å². The van der Waals surface area contributed by atoms with Crippen LogP contribution in [0.15, 0.2) is 59.2 Å². The molecule has 0 unspecified atom stereocenters.